The summed E-state index contributed by atoms with van der Waals surface area (Å²) in [5, 5.41) is 13.5. The normalized spacial score (nSPS) is 20.2. The van der Waals surface area contributed by atoms with Crippen molar-refractivity contribution in [2.24, 2.45) is 0 Å². The number of hydrogen-bond acceptors (Lipinski definition) is 4. The van der Waals surface area contributed by atoms with Gasteiger partial charge in [-0.15, -0.1) is 0 Å². The van der Waals surface area contributed by atoms with E-state index < -0.39 is 23.6 Å². The first kappa shape index (κ1) is 20.2. The van der Waals surface area contributed by atoms with Crippen LogP contribution in [0.1, 0.15) is 23.6 Å². The zero-order valence-corrected chi connectivity index (χ0v) is 16.8. The van der Waals surface area contributed by atoms with E-state index in [1.807, 2.05) is 32.0 Å². The van der Waals surface area contributed by atoms with Crippen LogP contribution in [0.5, 0.6) is 5.75 Å². The van der Waals surface area contributed by atoms with E-state index in [2.05, 4.69) is 5.32 Å². The molecule has 7 heteroatoms. The maximum Gasteiger partial charge on any atom is 0.325 e. The molecule has 0 saturated carbocycles. The first-order valence-corrected chi connectivity index (χ1v) is 9.36. The number of β-amino-alcohol motifs (C(OH)–C–C–N with tert-alkyl or cyclic N) is 1. The van der Waals surface area contributed by atoms with Crippen LogP contribution >= 0.6 is 11.6 Å². The molecule has 3 amide bonds. The molecule has 0 aliphatic carbocycles. The Bertz CT molecular complexity index is 880. The Kier molecular flexibility index (Phi) is 5.63. The molecule has 0 unspecified atom stereocenters. The Hall–Kier alpha value is -2.57. The fraction of sp³-hybridized carbons (Fsp3) is 0.333. The number of amides is 3. The van der Waals surface area contributed by atoms with Crippen LogP contribution in [0, 0.1) is 13.8 Å². The summed E-state index contributed by atoms with van der Waals surface area (Å²) in [7, 11) is 0. The molecular formula is C21H23ClN2O4. The van der Waals surface area contributed by atoms with Gasteiger partial charge in [-0.3, -0.25) is 9.69 Å². The number of urea groups is 1. The van der Waals surface area contributed by atoms with E-state index >= 15 is 0 Å². The van der Waals surface area contributed by atoms with Crippen LogP contribution in [0.3, 0.4) is 0 Å². The van der Waals surface area contributed by atoms with Crippen molar-refractivity contribution in [2.75, 3.05) is 13.2 Å². The molecule has 2 N–H and O–H groups in total. The van der Waals surface area contributed by atoms with E-state index in [0.717, 1.165) is 16.0 Å². The van der Waals surface area contributed by atoms with Crippen LogP contribution < -0.4 is 10.1 Å². The van der Waals surface area contributed by atoms with Crippen molar-refractivity contribution in [2.45, 2.75) is 32.4 Å². The molecule has 1 aliphatic rings. The van der Waals surface area contributed by atoms with Gasteiger partial charge < -0.3 is 15.2 Å². The topological polar surface area (TPSA) is 78.9 Å². The average Bonchev–Trinajstić information content (AvgIpc) is 2.84. The number of carbonyl (C=O) groups excluding carboxylic acids is 2. The maximum absolute atomic E-state index is 12.9. The van der Waals surface area contributed by atoms with Gasteiger partial charge in [0.1, 0.15) is 24.0 Å². The van der Waals surface area contributed by atoms with Gasteiger partial charge in [-0.05, 0) is 61.7 Å². The van der Waals surface area contributed by atoms with Crippen molar-refractivity contribution in [3.63, 3.8) is 0 Å². The van der Waals surface area contributed by atoms with Crippen LogP contribution in [-0.4, -0.2) is 41.2 Å². The minimum atomic E-state index is -1.20. The molecule has 0 spiro atoms. The molecule has 0 radical (unpaired) electrons. The van der Waals surface area contributed by atoms with E-state index in [0.29, 0.717) is 16.3 Å². The molecular weight excluding hydrogens is 380 g/mol. The highest BCUT2D eigenvalue weighted by Crippen LogP contribution is 2.29. The lowest BCUT2D eigenvalue weighted by Gasteiger charge is -2.23. The quantitative estimate of drug-likeness (QED) is 0.727. The number of aryl methyl sites for hydroxylation is 2. The molecule has 1 heterocycles. The molecule has 1 fully saturated rings. The molecule has 2 aromatic carbocycles. The van der Waals surface area contributed by atoms with E-state index in [-0.39, 0.29) is 13.2 Å². The van der Waals surface area contributed by atoms with Crippen molar-refractivity contribution >= 4 is 23.5 Å². The molecule has 1 aliphatic heterocycles. The van der Waals surface area contributed by atoms with E-state index in [9.17, 15) is 14.7 Å². The van der Waals surface area contributed by atoms with Gasteiger partial charge in [-0.2, -0.15) is 0 Å². The van der Waals surface area contributed by atoms with Crippen molar-refractivity contribution < 1.29 is 19.4 Å². The average molecular weight is 403 g/mol. The van der Waals surface area contributed by atoms with E-state index in [4.69, 9.17) is 16.3 Å². The lowest BCUT2D eigenvalue weighted by Crippen LogP contribution is -2.42. The number of imide groups is 1. The van der Waals surface area contributed by atoms with E-state index in [1.54, 1.807) is 31.2 Å². The van der Waals surface area contributed by atoms with Crippen molar-refractivity contribution in [3.05, 3.63) is 64.2 Å². The smallest absolute Gasteiger partial charge is 0.325 e. The molecule has 3 rings (SSSR count). The first-order chi connectivity index (χ1) is 13.2. The van der Waals surface area contributed by atoms with Crippen molar-refractivity contribution in [3.8, 4) is 5.75 Å². The molecule has 0 bridgehead atoms. The number of aliphatic hydroxyl groups excluding tert-OH is 1. The number of benzene rings is 2. The summed E-state index contributed by atoms with van der Waals surface area (Å²) in [5.41, 5.74) is 1.53. The molecule has 0 aromatic heterocycles. The Morgan fingerprint density at radius 3 is 2.36 bits per heavy atom. The van der Waals surface area contributed by atoms with Gasteiger partial charge in [0.25, 0.3) is 5.91 Å². The zero-order valence-electron chi connectivity index (χ0n) is 16.0. The standard InChI is InChI=1S/C21H23ClN2O4/c1-13-8-14(2)10-18(9-13)28-12-17(25)11-24-19(26)21(3,23-20(24)27)15-4-6-16(22)7-5-15/h4-10,17,25H,11-12H2,1-3H3,(H,23,27)/t17-,21+/m1/s1. The molecule has 2 atom stereocenters. The summed E-state index contributed by atoms with van der Waals surface area (Å²) in [5.74, 6) is 0.213. The van der Waals surface area contributed by atoms with Gasteiger partial charge in [0.2, 0.25) is 0 Å². The minimum Gasteiger partial charge on any atom is -0.491 e. The first-order valence-electron chi connectivity index (χ1n) is 8.98. The number of rotatable bonds is 6. The second-order valence-electron chi connectivity index (χ2n) is 7.27. The second-order valence-corrected chi connectivity index (χ2v) is 7.70. The number of aliphatic hydroxyl groups is 1. The number of hydrogen-bond donors (Lipinski definition) is 2. The third kappa shape index (κ3) is 4.13. The largest absolute Gasteiger partial charge is 0.491 e. The maximum atomic E-state index is 12.9. The third-order valence-corrected chi connectivity index (χ3v) is 4.98. The summed E-state index contributed by atoms with van der Waals surface area (Å²) >= 11 is 5.90. The van der Waals surface area contributed by atoms with Crippen LogP contribution in [0.4, 0.5) is 4.79 Å². The molecule has 1 saturated heterocycles. The fourth-order valence-corrected chi connectivity index (χ4v) is 3.44. The summed E-state index contributed by atoms with van der Waals surface area (Å²) in [4.78, 5) is 26.3. The number of nitrogens with zero attached hydrogens (tertiary/aromatic N) is 1. The number of nitrogens with one attached hydrogen (secondary N) is 1. The predicted molar refractivity (Wildman–Crippen MR) is 106 cm³/mol. The summed E-state index contributed by atoms with van der Waals surface area (Å²) < 4.78 is 5.63. The van der Waals surface area contributed by atoms with Crippen LogP contribution in [0.25, 0.3) is 0 Å². The molecule has 2 aromatic rings. The summed E-state index contributed by atoms with van der Waals surface area (Å²) in [6, 6.07) is 11.9. The van der Waals surface area contributed by atoms with Crippen molar-refractivity contribution in [1.82, 2.24) is 10.2 Å². The Balaban J connectivity index is 1.65. The highest BCUT2D eigenvalue weighted by molar-refractivity contribution is 6.30. The van der Waals surface area contributed by atoms with Gasteiger partial charge in [0.15, 0.2) is 0 Å². The zero-order chi connectivity index (χ0) is 20.5. The Morgan fingerprint density at radius 1 is 1.14 bits per heavy atom. The minimum absolute atomic E-state index is 0.0301. The van der Waals surface area contributed by atoms with Crippen molar-refractivity contribution in [1.29, 1.82) is 0 Å². The second kappa shape index (κ2) is 7.81. The van der Waals surface area contributed by atoms with Crippen LogP contribution in [0.15, 0.2) is 42.5 Å². The SMILES string of the molecule is Cc1cc(C)cc(OC[C@H](O)CN2C(=O)N[C@@](C)(c3ccc(Cl)cc3)C2=O)c1. The van der Waals surface area contributed by atoms with Gasteiger partial charge in [0, 0.05) is 5.02 Å². The number of ether oxygens (including phenoxy) is 1. The lowest BCUT2D eigenvalue weighted by molar-refractivity contribution is -0.132. The summed E-state index contributed by atoms with van der Waals surface area (Å²) in [6.07, 6.45) is -1.01. The van der Waals surface area contributed by atoms with Gasteiger partial charge in [-0.25, -0.2) is 4.79 Å². The number of halogens is 1. The molecule has 28 heavy (non-hydrogen) atoms. The van der Waals surface area contributed by atoms with Crippen LogP contribution in [-0.2, 0) is 10.3 Å². The number of carbonyl (C=O) groups is 2. The molecule has 6 nitrogen and oxygen atoms in total. The Morgan fingerprint density at radius 2 is 1.75 bits per heavy atom. The van der Waals surface area contributed by atoms with Gasteiger partial charge >= 0.3 is 6.03 Å². The predicted octanol–water partition coefficient (Wildman–Crippen LogP) is 3.16. The third-order valence-electron chi connectivity index (χ3n) is 4.73. The van der Waals surface area contributed by atoms with Gasteiger partial charge in [-0.1, -0.05) is 29.8 Å². The van der Waals surface area contributed by atoms with E-state index in [1.165, 1.54) is 0 Å². The fourth-order valence-electron chi connectivity index (χ4n) is 3.31. The molecule has 148 valence electrons. The van der Waals surface area contributed by atoms with Gasteiger partial charge in [0.05, 0.1) is 6.54 Å². The Labute approximate surface area is 169 Å². The lowest BCUT2D eigenvalue weighted by atomic mass is 9.92. The highest BCUT2D eigenvalue weighted by Gasteiger charge is 2.49. The van der Waals surface area contributed by atoms with Crippen LogP contribution in [0.2, 0.25) is 5.02 Å². The highest BCUT2D eigenvalue weighted by atomic mass is 35.5. The monoisotopic (exact) mass is 402 g/mol. The summed E-state index contributed by atoms with van der Waals surface area (Å²) in [6.45, 7) is 5.37.